The SMILES string of the molecule is CCOC(=O)NC(=O)COc1ccc(C(=O)O)cc1Cl. The Hall–Kier alpha value is -2.28. The summed E-state index contributed by atoms with van der Waals surface area (Å²) in [5.41, 5.74) is -0.00155. The number of halogens is 1. The highest BCUT2D eigenvalue weighted by molar-refractivity contribution is 6.32. The van der Waals surface area contributed by atoms with Crippen molar-refractivity contribution in [2.24, 2.45) is 0 Å². The maximum atomic E-state index is 11.3. The minimum atomic E-state index is -1.13. The molecular weight excluding hydrogens is 290 g/mol. The summed E-state index contributed by atoms with van der Waals surface area (Å²) in [5, 5.41) is 10.7. The summed E-state index contributed by atoms with van der Waals surface area (Å²) in [4.78, 5) is 33.0. The van der Waals surface area contributed by atoms with E-state index in [1.54, 1.807) is 6.92 Å². The smallest absolute Gasteiger partial charge is 0.413 e. The number of carbonyl (C=O) groups is 3. The fourth-order valence-corrected chi connectivity index (χ4v) is 1.45. The summed E-state index contributed by atoms with van der Waals surface area (Å²) in [5.74, 6) is -1.70. The van der Waals surface area contributed by atoms with Gasteiger partial charge in [-0.2, -0.15) is 0 Å². The van der Waals surface area contributed by atoms with E-state index in [0.29, 0.717) is 0 Å². The van der Waals surface area contributed by atoms with E-state index < -0.39 is 24.6 Å². The number of ether oxygens (including phenoxy) is 2. The highest BCUT2D eigenvalue weighted by Crippen LogP contribution is 2.25. The van der Waals surface area contributed by atoms with Gasteiger partial charge in [-0.05, 0) is 25.1 Å². The second-order valence-electron chi connectivity index (χ2n) is 3.51. The Labute approximate surface area is 119 Å². The van der Waals surface area contributed by atoms with Crippen LogP contribution in [-0.4, -0.2) is 36.3 Å². The van der Waals surface area contributed by atoms with Gasteiger partial charge >= 0.3 is 12.1 Å². The van der Waals surface area contributed by atoms with Gasteiger partial charge in [0.1, 0.15) is 5.75 Å². The molecule has 2 amide bonds. The molecule has 1 rings (SSSR count). The molecule has 0 aliphatic heterocycles. The van der Waals surface area contributed by atoms with Gasteiger partial charge in [-0.15, -0.1) is 0 Å². The van der Waals surface area contributed by atoms with Crippen molar-refractivity contribution in [2.45, 2.75) is 6.92 Å². The number of carboxylic acid groups (broad SMARTS) is 1. The second-order valence-corrected chi connectivity index (χ2v) is 3.91. The lowest BCUT2D eigenvalue weighted by atomic mass is 10.2. The molecule has 0 saturated carbocycles. The van der Waals surface area contributed by atoms with Crippen molar-refractivity contribution in [1.29, 1.82) is 0 Å². The van der Waals surface area contributed by atoms with Crippen molar-refractivity contribution >= 4 is 29.6 Å². The van der Waals surface area contributed by atoms with Crippen LogP contribution in [0.4, 0.5) is 4.79 Å². The number of carboxylic acids is 1. The van der Waals surface area contributed by atoms with Crippen molar-refractivity contribution in [2.75, 3.05) is 13.2 Å². The first kappa shape index (κ1) is 15.8. The Morgan fingerprint density at radius 2 is 2.05 bits per heavy atom. The lowest BCUT2D eigenvalue weighted by Crippen LogP contribution is -2.34. The Morgan fingerprint density at radius 1 is 1.35 bits per heavy atom. The molecule has 0 bridgehead atoms. The molecule has 1 aromatic carbocycles. The topological polar surface area (TPSA) is 102 Å². The third-order valence-corrected chi connectivity index (χ3v) is 2.35. The molecule has 0 unspecified atom stereocenters. The molecule has 0 fully saturated rings. The summed E-state index contributed by atoms with van der Waals surface area (Å²) < 4.78 is 9.58. The Morgan fingerprint density at radius 3 is 2.60 bits per heavy atom. The van der Waals surface area contributed by atoms with Gasteiger partial charge in [0.15, 0.2) is 6.61 Å². The number of hydrogen-bond donors (Lipinski definition) is 2. The van der Waals surface area contributed by atoms with E-state index in [2.05, 4.69) is 4.74 Å². The van der Waals surface area contributed by atoms with Crippen molar-refractivity contribution < 1.29 is 29.0 Å². The van der Waals surface area contributed by atoms with Gasteiger partial charge in [-0.1, -0.05) is 11.6 Å². The first-order chi connectivity index (χ1) is 9.43. The van der Waals surface area contributed by atoms with Crippen LogP contribution in [0.25, 0.3) is 0 Å². The molecule has 0 aliphatic carbocycles. The third-order valence-electron chi connectivity index (χ3n) is 2.05. The van der Waals surface area contributed by atoms with E-state index in [9.17, 15) is 14.4 Å². The zero-order valence-corrected chi connectivity index (χ0v) is 11.3. The average Bonchev–Trinajstić information content (AvgIpc) is 2.37. The van der Waals surface area contributed by atoms with E-state index in [1.165, 1.54) is 18.2 Å². The van der Waals surface area contributed by atoms with Gasteiger partial charge in [0.2, 0.25) is 0 Å². The van der Waals surface area contributed by atoms with Crippen LogP contribution in [-0.2, 0) is 9.53 Å². The molecule has 0 radical (unpaired) electrons. The minimum Gasteiger partial charge on any atom is -0.482 e. The number of nitrogens with one attached hydrogen (secondary N) is 1. The zero-order chi connectivity index (χ0) is 15.1. The summed E-state index contributed by atoms with van der Waals surface area (Å²) in [6, 6.07) is 3.80. The number of alkyl carbamates (subject to hydrolysis) is 1. The standard InChI is InChI=1S/C12H12ClNO6/c1-2-19-12(18)14-10(15)6-20-9-4-3-7(11(16)17)5-8(9)13/h3-5H,2,6H2,1H3,(H,16,17)(H,14,15,18). The molecular formula is C12H12ClNO6. The normalized spacial score (nSPS) is 9.70. The van der Waals surface area contributed by atoms with Gasteiger partial charge in [0, 0.05) is 0 Å². The van der Waals surface area contributed by atoms with E-state index in [4.69, 9.17) is 21.4 Å². The predicted octanol–water partition coefficient (Wildman–Crippen LogP) is 1.69. The van der Waals surface area contributed by atoms with Gasteiger partial charge < -0.3 is 14.6 Å². The lowest BCUT2D eigenvalue weighted by molar-refractivity contribution is -0.122. The second kappa shape index (κ2) is 7.34. The number of hydrogen-bond acceptors (Lipinski definition) is 5. The average molecular weight is 302 g/mol. The number of rotatable bonds is 5. The monoisotopic (exact) mass is 301 g/mol. The quantitative estimate of drug-likeness (QED) is 0.858. The molecule has 7 nitrogen and oxygen atoms in total. The molecule has 0 saturated heterocycles. The van der Waals surface area contributed by atoms with Crippen LogP contribution in [0.2, 0.25) is 5.02 Å². The number of carbonyl (C=O) groups excluding carboxylic acids is 2. The summed E-state index contributed by atoms with van der Waals surface area (Å²) in [6.45, 7) is 1.29. The molecule has 0 aromatic heterocycles. The maximum Gasteiger partial charge on any atom is 0.413 e. The minimum absolute atomic E-state index is 0.00155. The largest absolute Gasteiger partial charge is 0.482 e. The van der Waals surface area contributed by atoms with Gasteiger partial charge in [0.25, 0.3) is 5.91 Å². The van der Waals surface area contributed by atoms with Crippen LogP contribution in [0.1, 0.15) is 17.3 Å². The number of benzene rings is 1. The van der Waals surface area contributed by atoms with Crippen molar-refractivity contribution in [3.05, 3.63) is 28.8 Å². The van der Waals surface area contributed by atoms with Crippen LogP contribution in [0.15, 0.2) is 18.2 Å². The van der Waals surface area contributed by atoms with Crippen LogP contribution < -0.4 is 10.1 Å². The maximum absolute atomic E-state index is 11.3. The summed E-state index contributed by atoms with van der Waals surface area (Å²) in [6.07, 6.45) is -0.867. The molecule has 8 heteroatoms. The van der Waals surface area contributed by atoms with Gasteiger partial charge in [-0.3, -0.25) is 10.1 Å². The molecule has 1 aromatic rings. The fourth-order valence-electron chi connectivity index (χ4n) is 1.21. The van der Waals surface area contributed by atoms with Crippen molar-refractivity contribution in [1.82, 2.24) is 5.32 Å². The summed E-state index contributed by atoms with van der Waals surface area (Å²) in [7, 11) is 0. The molecule has 2 N–H and O–H groups in total. The number of imide groups is 1. The zero-order valence-electron chi connectivity index (χ0n) is 10.5. The fraction of sp³-hybridized carbons (Fsp3) is 0.250. The Balaban J connectivity index is 2.55. The Kier molecular flexibility index (Phi) is 5.79. The highest BCUT2D eigenvalue weighted by Gasteiger charge is 2.11. The van der Waals surface area contributed by atoms with Crippen molar-refractivity contribution in [3.8, 4) is 5.75 Å². The van der Waals surface area contributed by atoms with E-state index in [1.807, 2.05) is 5.32 Å². The van der Waals surface area contributed by atoms with Crippen LogP contribution in [0.5, 0.6) is 5.75 Å². The number of amides is 2. The number of aromatic carboxylic acids is 1. The lowest BCUT2D eigenvalue weighted by Gasteiger charge is -2.08. The van der Waals surface area contributed by atoms with Crippen molar-refractivity contribution in [3.63, 3.8) is 0 Å². The molecule has 0 atom stereocenters. The first-order valence-corrected chi connectivity index (χ1v) is 5.94. The van der Waals surface area contributed by atoms with Crippen LogP contribution in [0.3, 0.4) is 0 Å². The van der Waals surface area contributed by atoms with E-state index in [-0.39, 0.29) is 22.9 Å². The van der Waals surface area contributed by atoms with Gasteiger partial charge in [-0.25, -0.2) is 9.59 Å². The summed E-state index contributed by atoms with van der Waals surface area (Å²) >= 11 is 5.80. The first-order valence-electron chi connectivity index (χ1n) is 5.56. The molecule has 0 aliphatic rings. The molecule has 0 heterocycles. The highest BCUT2D eigenvalue weighted by atomic mass is 35.5. The molecule has 20 heavy (non-hydrogen) atoms. The van der Waals surface area contributed by atoms with Crippen LogP contribution >= 0.6 is 11.6 Å². The third kappa shape index (κ3) is 4.77. The Bertz CT molecular complexity index is 531. The molecule has 108 valence electrons. The van der Waals surface area contributed by atoms with E-state index in [0.717, 1.165) is 0 Å². The van der Waals surface area contributed by atoms with Gasteiger partial charge in [0.05, 0.1) is 17.2 Å². The van der Waals surface area contributed by atoms with Crippen LogP contribution in [0, 0.1) is 0 Å². The van der Waals surface area contributed by atoms with E-state index >= 15 is 0 Å². The molecule has 0 spiro atoms. The predicted molar refractivity (Wildman–Crippen MR) is 69.1 cm³/mol.